The quantitative estimate of drug-likeness (QED) is 0.503. The van der Waals surface area contributed by atoms with Gasteiger partial charge in [-0.15, -0.1) is 0 Å². The normalized spacial score (nSPS) is 11.2. The molecule has 0 saturated heterocycles. The molecule has 4 aromatic rings. The molecule has 0 saturated carbocycles. The van der Waals surface area contributed by atoms with Crippen LogP contribution in [0.5, 0.6) is 0 Å². The molecule has 0 aliphatic heterocycles. The van der Waals surface area contributed by atoms with E-state index in [-0.39, 0.29) is 0 Å². The number of hydrogen-bond acceptors (Lipinski definition) is 5. The molecule has 7 nitrogen and oxygen atoms in total. The monoisotopic (exact) mass is 426 g/mol. The maximum atomic E-state index is 12.1. The fourth-order valence-corrected chi connectivity index (χ4v) is 3.34. The Bertz CT molecular complexity index is 1260. The predicted octanol–water partition coefficient (Wildman–Crippen LogP) is 3.58. The van der Waals surface area contributed by atoms with Gasteiger partial charge in [0, 0.05) is 22.1 Å². The first-order valence-corrected chi connectivity index (χ1v) is 9.23. The van der Waals surface area contributed by atoms with Crippen LogP contribution in [0.3, 0.4) is 0 Å². The van der Waals surface area contributed by atoms with Crippen LogP contribution in [0.4, 0.5) is 0 Å². The van der Waals surface area contributed by atoms with Crippen LogP contribution in [0.25, 0.3) is 33.9 Å². The fraction of sp³-hybridized carbons (Fsp3) is 0.158. The summed E-state index contributed by atoms with van der Waals surface area (Å²) in [4.78, 5) is 31.1. The largest absolute Gasteiger partial charge is 0.334 e. The van der Waals surface area contributed by atoms with Gasteiger partial charge in [0.2, 0.25) is 5.82 Å². The van der Waals surface area contributed by atoms with Crippen LogP contribution >= 0.6 is 15.9 Å². The molecule has 0 unspecified atom stereocenters. The zero-order valence-electron chi connectivity index (χ0n) is 14.4. The van der Waals surface area contributed by atoms with E-state index in [1.807, 2.05) is 37.3 Å². The second-order valence-electron chi connectivity index (χ2n) is 6.08. The summed E-state index contributed by atoms with van der Waals surface area (Å²) in [5.41, 5.74) is 1.52. The lowest BCUT2D eigenvalue weighted by atomic mass is 10.1. The van der Waals surface area contributed by atoms with Gasteiger partial charge in [-0.05, 0) is 42.8 Å². The summed E-state index contributed by atoms with van der Waals surface area (Å²) < 4.78 is 7.77. The molecule has 0 atom stereocenters. The second-order valence-corrected chi connectivity index (χ2v) is 6.99. The molecule has 0 aliphatic rings. The number of fused-ring (bicyclic) bond motifs is 1. The molecule has 27 heavy (non-hydrogen) atoms. The molecule has 0 radical (unpaired) electrons. The topological polar surface area (TPSA) is 93.8 Å². The number of halogens is 1. The molecule has 0 aliphatic carbocycles. The molecule has 0 fully saturated rings. The van der Waals surface area contributed by atoms with Crippen molar-refractivity contribution in [3.05, 3.63) is 67.6 Å². The van der Waals surface area contributed by atoms with E-state index < -0.39 is 11.1 Å². The SMILES string of the molecule is CCCn1c(=O)c(=O)[nH]c2cc(-c3noc(-c4cccc(Br)c4)n3)ccc21. The first-order chi connectivity index (χ1) is 13.1. The molecule has 0 amide bonds. The summed E-state index contributed by atoms with van der Waals surface area (Å²) in [6, 6.07) is 12.9. The highest BCUT2D eigenvalue weighted by atomic mass is 79.9. The van der Waals surface area contributed by atoms with E-state index in [0.717, 1.165) is 16.5 Å². The van der Waals surface area contributed by atoms with Crippen LogP contribution in [0.15, 0.2) is 61.0 Å². The average molecular weight is 427 g/mol. The minimum absolute atomic E-state index is 0.399. The van der Waals surface area contributed by atoms with Crippen molar-refractivity contribution >= 4 is 27.0 Å². The van der Waals surface area contributed by atoms with Gasteiger partial charge in [-0.2, -0.15) is 4.98 Å². The third kappa shape index (κ3) is 3.23. The van der Waals surface area contributed by atoms with Crippen molar-refractivity contribution in [1.82, 2.24) is 19.7 Å². The van der Waals surface area contributed by atoms with Crippen LogP contribution in [0.2, 0.25) is 0 Å². The van der Waals surface area contributed by atoms with E-state index in [0.29, 0.717) is 34.9 Å². The van der Waals surface area contributed by atoms with E-state index in [2.05, 4.69) is 31.1 Å². The molecule has 8 heteroatoms. The van der Waals surface area contributed by atoms with Gasteiger partial charge < -0.3 is 14.1 Å². The summed E-state index contributed by atoms with van der Waals surface area (Å²) in [6.07, 6.45) is 0.751. The molecule has 0 spiro atoms. The maximum absolute atomic E-state index is 12.1. The highest BCUT2D eigenvalue weighted by molar-refractivity contribution is 9.10. The first-order valence-electron chi connectivity index (χ1n) is 8.43. The van der Waals surface area contributed by atoms with Gasteiger partial charge >= 0.3 is 11.1 Å². The van der Waals surface area contributed by atoms with Gasteiger partial charge in [0.15, 0.2) is 0 Å². The number of aromatic nitrogens is 4. The summed E-state index contributed by atoms with van der Waals surface area (Å²) >= 11 is 3.42. The Morgan fingerprint density at radius 3 is 2.78 bits per heavy atom. The van der Waals surface area contributed by atoms with Crippen molar-refractivity contribution in [2.75, 3.05) is 0 Å². The Morgan fingerprint density at radius 1 is 1.15 bits per heavy atom. The number of aryl methyl sites for hydroxylation is 1. The molecule has 2 aromatic heterocycles. The Balaban J connectivity index is 1.80. The fourth-order valence-electron chi connectivity index (χ4n) is 2.94. The highest BCUT2D eigenvalue weighted by Gasteiger charge is 2.13. The van der Waals surface area contributed by atoms with Crippen molar-refractivity contribution in [2.45, 2.75) is 19.9 Å². The van der Waals surface area contributed by atoms with Gasteiger partial charge in [-0.1, -0.05) is 34.1 Å². The minimum Gasteiger partial charge on any atom is -0.334 e. The zero-order valence-corrected chi connectivity index (χ0v) is 16.0. The Kier molecular flexibility index (Phi) is 4.49. The molecular formula is C19H15BrN4O3. The number of H-pyrrole nitrogens is 1. The van der Waals surface area contributed by atoms with E-state index in [4.69, 9.17) is 4.52 Å². The van der Waals surface area contributed by atoms with Crippen molar-refractivity contribution in [3.63, 3.8) is 0 Å². The van der Waals surface area contributed by atoms with Crippen LogP contribution in [-0.4, -0.2) is 19.7 Å². The zero-order chi connectivity index (χ0) is 19.0. The lowest BCUT2D eigenvalue weighted by Gasteiger charge is -2.08. The van der Waals surface area contributed by atoms with Gasteiger partial charge in [-0.25, -0.2) is 0 Å². The molecule has 2 aromatic carbocycles. The molecule has 2 heterocycles. The summed E-state index contributed by atoms with van der Waals surface area (Å²) in [5.74, 6) is 0.803. The van der Waals surface area contributed by atoms with Gasteiger partial charge in [0.1, 0.15) is 0 Å². The van der Waals surface area contributed by atoms with Gasteiger partial charge in [0.25, 0.3) is 5.89 Å². The summed E-state index contributed by atoms with van der Waals surface area (Å²) in [5, 5.41) is 4.04. The molecule has 0 bridgehead atoms. The lowest BCUT2D eigenvalue weighted by molar-refractivity contribution is 0.432. The number of rotatable bonds is 4. The Labute approximate surface area is 161 Å². The van der Waals surface area contributed by atoms with Crippen LogP contribution < -0.4 is 11.1 Å². The van der Waals surface area contributed by atoms with Crippen LogP contribution in [0, 0.1) is 0 Å². The van der Waals surface area contributed by atoms with Crippen molar-refractivity contribution in [2.24, 2.45) is 0 Å². The van der Waals surface area contributed by atoms with Crippen LogP contribution in [-0.2, 0) is 6.54 Å². The number of aromatic amines is 1. The number of benzene rings is 2. The first kappa shape index (κ1) is 17.4. The second kappa shape index (κ2) is 6.96. The average Bonchev–Trinajstić information content (AvgIpc) is 3.15. The predicted molar refractivity (Wildman–Crippen MR) is 106 cm³/mol. The minimum atomic E-state index is -0.643. The van der Waals surface area contributed by atoms with E-state index in [1.54, 1.807) is 12.1 Å². The smallest absolute Gasteiger partial charge is 0.316 e. The highest BCUT2D eigenvalue weighted by Crippen LogP contribution is 2.25. The summed E-state index contributed by atoms with van der Waals surface area (Å²) in [6.45, 7) is 2.43. The molecular weight excluding hydrogens is 412 g/mol. The molecule has 136 valence electrons. The standard InChI is InChI=1S/C19H15BrN4O3/c1-2-8-24-15-7-6-11(10-14(15)21-17(25)19(24)26)16-22-18(27-23-16)12-4-3-5-13(20)9-12/h3-7,9-10H,2,8H2,1H3,(H,21,25). The lowest BCUT2D eigenvalue weighted by Crippen LogP contribution is -2.36. The Morgan fingerprint density at radius 2 is 2.00 bits per heavy atom. The van der Waals surface area contributed by atoms with E-state index >= 15 is 0 Å². The van der Waals surface area contributed by atoms with E-state index in [9.17, 15) is 9.59 Å². The summed E-state index contributed by atoms with van der Waals surface area (Å²) in [7, 11) is 0. The van der Waals surface area contributed by atoms with Crippen LogP contribution in [0.1, 0.15) is 13.3 Å². The van der Waals surface area contributed by atoms with E-state index in [1.165, 1.54) is 4.57 Å². The number of nitrogens with one attached hydrogen (secondary N) is 1. The maximum Gasteiger partial charge on any atom is 0.316 e. The third-order valence-electron chi connectivity index (χ3n) is 4.18. The van der Waals surface area contributed by atoms with Crippen molar-refractivity contribution < 1.29 is 4.52 Å². The van der Waals surface area contributed by atoms with Crippen molar-refractivity contribution in [3.8, 4) is 22.8 Å². The number of hydrogen-bond donors (Lipinski definition) is 1. The number of nitrogens with zero attached hydrogens (tertiary/aromatic N) is 3. The van der Waals surface area contributed by atoms with Crippen molar-refractivity contribution in [1.29, 1.82) is 0 Å². The third-order valence-corrected chi connectivity index (χ3v) is 4.67. The Hall–Kier alpha value is -3.00. The van der Waals surface area contributed by atoms with Gasteiger partial charge in [-0.3, -0.25) is 9.59 Å². The van der Waals surface area contributed by atoms with Gasteiger partial charge in [0.05, 0.1) is 11.0 Å². The molecule has 4 rings (SSSR count). The molecule has 1 N–H and O–H groups in total.